The van der Waals surface area contributed by atoms with E-state index in [9.17, 15) is 25.2 Å². The summed E-state index contributed by atoms with van der Waals surface area (Å²) < 4.78 is 0. The average molecular weight is 362 g/mol. The number of aliphatic hydroxyl groups is 4. The molecule has 0 aromatic heterocycles. The van der Waals surface area contributed by atoms with Crippen LogP contribution in [0, 0.1) is 28.6 Å². The Bertz CT molecular complexity index is 684. The molecule has 26 heavy (non-hydrogen) atoms. The zero-order chi connectivity index (χ0) is 18.9. The van der Waals surface area contributed by atoms with Crippen LogP contribution in [0.1, 0.15) is 46.0 Å². The lowest BCUT2D eigenvalue weighted by Crippen LogP contribution is -2.62. The van der Waals surface area contributed by atoms with E-state index in [0.29, 0.717) is 12.8 Å². The van der Waals surface area contributed by atoms with Crippen molar-refractivity contribution in [1.29, 1.82) is 0 Å². The number of carbonyl (C=O) groups excluding carboxylic acids is 1. The van der Waals surface area contributed by atoms with E-state index >= 15 is 0 Å². The minimum absolute atomic E-state index is 0.0125. The van der Waals surface area contributed by atoms with Gasteiger partial charge in [-0.2, -0.15) is 0 Å². The molecule has 3 saturated carbocycles. The lowest BCUT2D eigenvalue weighted by molar-refractivity contribution is -0.204. The van der Waals surface area contributed by atoms with Crippen LogP contribution in [0.15, 0.2) is 23.8 Å². The van der Waals surface area contributed by atoms with Gasteiger partial charge in [0.15, 0.2) is 5.78 Å². The number of hydrogen-bond donors (Lipinski definition) is 4. The van der Waals surface area contributed by atoms with Crippen LogP contribution < -0.4 is 0 Å². The van der Waals surface area contributed by atoms with Crippen LogP contribution in [0.2, 0.25) is 0 Å². The molecular weight excluding hydrogens is 332 g/mol. The highest BCUT2D eigenvalue weighted by Gasteiger charge is 2.67. The van der Waals surface area contributed by atoms with E-state index in [0.717, 1.165) is 24.8 Å². The number of rotatable bonds is 2. The molecule has 0 unspecified atom stereocenters. The summed E-state index contributed by atoms with van der Waals surface area (Å²) in [6.07, 6.45) is 6.85. The van der Waals surface area contributed by atoms with Crippen LogP contribution in [0.4, 0.5) is 0 Å². The smallest absolute Gasteiger partial charge is 0.178 e. The zero-order valence-electron chi connectivity index (χ0n) is 15.6. The SMILES string of the molecule is C[C@]12C=CC(=O)C=C1CC[C@@H]1[C@@H]2[C@@H](O)C[C@@]2(C)[C@H]1CC[C@]2(O)[C@@H](O)CO. The first kappa shape index (κ1) is 18.4. The molecule has 4 aliphatic rings. The van der Waals surface area contributed by atoms with Gasteiger partial charge in [-0.1, -0.05) is 25.5 Å². The van der Waals surface area contributed by atoms with Gasteiger partial charge >= 0.3 is 0 Å². The molecule has 5 heteroatoms. The summed E-state index contributed by atoms with van der Waals surface area (Å²) in [5.74, 6) is 0.445. The molecule has 8 atom stereocenters. The monoisotopic (exact) mass is 362 g/mol. The number of fused-ring (bicyclic) bond motifs is 5. The fraction of sp³-hybridized carbons (Fsp3) is 0.762. The second-order valence-corrected chi connectivity index (χ2v) is 9.37. The van der Waals surface area contributed by atoms with Crippen LogP contribution in [0.25, 0.3) is 0 Å². The topological polar surface area (TPSA) is 98.0 Å². The van der Waals surface area contributed by atoms with Gasteiger partial charge in [-0.3, -0.25) is 4.79 Å². The Morgan fingerprint density at radius 3 is 2.73 bits per heavy atom. The van der Waals surface area contributed by atoms with E-state index in [1.165, 1.54) is 0 Å². The predicted molar refractivity (Wildman–Crippen MR) is 96.0 cm³/mol. The quantitative estimate of drug-likeness (QED) is 0.594. The van der Waals surface area contributed by atoms with Crippen molar-refractivity contribution in [1.82, 2.24) is 0 Å². The lowest BCUT2D eigenvalue weighted by Gasteiger charge is -2.60. The van der Waals surface area contributed by atoms with Crippen LogP contribution in [0.3, 0.4) is 0 Å². The van der Waals surface area contributed by atoms with Crippen molar-refractivity contribution in [2.45, 2.75) is 63.8 Å². The first-order valence-corrected chi connectivity index (χ1v) is 9.81. The van der Waals surface area contributed by atoms with Crippen molar-refractivity contribution in [2.75, 3.05) is 6.61 Å². The molecule has 4 aliphatic carbocycles. The van der Waals surface area contributed by atoms with E-state index in [4.69, 9.17) is 0 Å². The average Bonchev–Trinajstić information content (AvgIpc) is 2.86. The lowest BCUT2D eigenvalue weighted by atomic mass is 9.46. The third-order valence-electron chi connectivity index (χ3n) is 8.44. The highest BCUT2D eigenvalue weighted by molar-refractivity contribution is 6.01. The molecule has 144 valence electrons. The molecule has 0 aromatic rings. The molecule has 5 nitrogen and oxygen atoms in total. The summed E-state index contributed by atoms with van der Waals surface area (Å²) in [6, 6.07) is 0. The van der Waals surface area contributed by atoms with Gasteiger partial charge in [0.1, 0.15) is 6.10 Å². The molecule has 0 heterocycles. The van der Waals surface area contributed by atoms with Gasteiger partial charge in [0.2, 0.25) is 0 Å². The number of hydrogen-bond acceptors (Lipinski definition) is 5. The molecule has 4 rings (SSSR count). The number of carbonyl (C=O) groups is 1. The van der Waals surface area contributed by atoms with Crippen LogP contribution in [-0.4, -0.2) is 50.6 Å². The van der Waals surface area contributed by atoms with Crippen LogP contribution >= 0.6 is 0 Å². The van der Waals surface area contributed by atoms with E-state index in [1.54, 1.807) is 12.2 Å². The first-order chi connectivity index (χ1) is 12.2. The Labute approximate surface area is 154 Å². The van der Waals surface area contributed by atoms with Crippen LogP contribution in [0.5, 0.6) is 0 Å². The molecule has 0 amide bonds. The first-order valence-electron chi connectivity index (χ1n) is 9.81. The molecule has 0 spiro atoms. The van der Waals surface area contributed by atoms with Gasteiger partial charge in [0, 0.05) is 16.7 Å². The predicted octanol–water partition coefficient (Wildman–Crippen LogP) is 1.35. The molecule has 3 fully saturated rings. The van der Waals surface area contributed by atoms with E-state index < -0.39 is 29.8 Å². The summed E-state index contributed by atoms with van der Waals surface area (Å²) in [5, 5.41) is 42.2. The summed E-state index contributed by atoms with van der Waals surface area (Å²) in [4.78, 5) is 11.8. The summed E-state index contributed by atoms with van der Waals surface area (Å²) >= 11 is 0. The highest BCUT2D eigenvalue weighted by atomic mass is 16.4. The largest absolute Gasteiger partial charge is 0.394 e. The maximum absolute atomic E-state index is 11.8. The van der Waals surface area contributed by atoms with Crippen molar-refractivity contribution in [2.24, 2.45) is 28.6 Å². The van der Waals surface area contributed by atoms with Crippen LogP contribution in [-0.2, 0) is 4.79 Å². The Balaban J connectivity index is 1.74. The Morgan fingerprint density at radius 2 is 2.04 bits per heavy atom. The maximum atomic E-state index is 11.8. The Hall–Kier alpha value is -1.01. The van der Waals surface area contributed by atoms with Crippen molar-refractivity contribution in [3.8, 4) is 0 Å². The molecule has 4 N–H and O–H groups in total. The minimum Gasteiger partial charge on any atom is -0.394 e. The van der Waals surface area contributed by atoms with Gasteiger partial charge in [-0.05, 0) is 56.1 Å². The Morgan fingerprint density at radius 1 is 1.31 bits per heavy atom. The summed E-state index contributed by atoms with van der Waals surface area (Å²) in [5.41, 5.74) is -1.21. The van der Waals surface area contributed by atoms with Gasteiger partial charge < -0.3 is 20.4 Å². The third-order valence-corrected chi connectivity index (χ3v) is 8.44. The van der Waals surface area contributed by atoms with Gasteiger partial charge in [0.25, 0.3) is 0 Å². The van der Waals surface area contributed by atoms with Crippen molar-refractivity contribution in [3.05, 3.63) is 23.8 Å². The number of ketones is 1. The highest BCUT2D eigenvalue weighted by Crippen LogP contribution is 2.67. The minimum atomic E-state index is -1.37. The third kappa shape index (κ3) is 2.15. The summed E-state index contributed by atoms with van der Waals surface area (Å²) in [6.45, 7) is 3.61. The maximum Gasteiger partial charge on any atom is 0.178 e. The molecule has 0 radical (unpaired) electrons. The van der Waals surface area contributed by atoms with Crippen molar-refractivity contribution >= 4 is 5.78 Å². The molecule has 0 saturated heterocycles. The number of allylic oxidation sites excluding steroid dienone is 4. The molecule has 0 aliphatic heterocycles. The van der Waals surface area contributed by atoms with E-state index in [-0.39, 0.29) is 29.0 Å². The zero-order valence-corrected chi connectivity index (χ0v) is 15.6. The fourth-order valence-electron chi connectivity index (χ4n) is 7.06. The molecular formula is C21H30O5. The van der Waals surface area contributed by atoms with Gasteiger partial charge in [-0.15, -0.1) is 0 Å². The number of aliphatic hydroxyl groups excluding tert-OH is 3. The second kappa shape index (κ2) is 5.74. The molecule has 0 bridgehead atoms. The van der Waals surface area contributed by atoms with Gasteiger partial charge in [0.05, 0.1) is 18.3 Å². The van der Waals surface area contributed by atoms with E-state index in [2.05, 4.69) is 6.92 Å². The van der Waals surface area contributed by atoms with Gasteiger partial charge in [-0.25, -0.2) is 0 Å². The summed E-state index contributed by atoms with van der Waals surface area (Å²) in [7, 11) is 0. The standard InChI is InChI=1S/C21H30O5/c1-19-7-5-13(23)9-12(19)3-4-14-15-6-8-21(26,17(25)11-22)20(15,2)10-16(24)18(14)19/h5,7,9,14-18,22,24-26H,3-4,6,8,10-11H2,1-2H3/t14-,15-,16-,17-,18+,19-,20-,21-/m0/s1. The van der Waals surface area contributed by atoms with Crippen molar-refractivity contribution in [3.63, 3.8) is 0 Å². The van der Waals surface area contributed by atoms with Crippen molar-refractivity contribution < 1.29 is 25.2 Å². The second-order valence-electron chi connectivity index (χ2n) is 9.37. The normalized spacial score (nSPS) is 51.3. The molecule has 0 aromatic carbocycles. The Kier molecular flexibility index (Phi) is 4.05. The van der Waals surface area contributed by atoms with E-state index in [1.807, 2.05) is 13.0 Å². The fourth-order valence-corrected chi connectivity index (χ4v) is 7.06.